The third kappa shape index (κ3) is 74.9. The normalized spacial score (nSPS) is 14.7. The van der Waals surface area contributed by atoms with Crippen molar-refractivity contribution in [1.82, 2.24) is 0 Å². The summed E-state index contributed by atoms with van der Waals surface area (Å²) < 4.78 is 61.1. The van der Waals surface area contributed by atoms with E-state index in [2.05, 4.69) is 142 Å². The molecule has 0 aromatic heterocycles. The Morgan fingerprint density at radius 2 is 0.535 bits per heavy atom. The Hall–Kier alpha value is -4.05. The average molecular weight is 1430 g/mol. The fourth-order valence-electron chi connectivity index (χ4n) is 10.2. The summed E-state index contributed by atoms with van der Waals surface area (Å²) in [7, 11) is -9.80. The van der Waals surface area contributed by atoms with Crippen LogP contribution in [0.5, 0.6) is 0 Å². The molecule has 0 radical (unpaired) electrons. The molecule has 0 aliphatic rings. The molecular weight excluding hydrogens is 1290 g/mol. The molecule has 0 aliphatic carbocycles. The van der Waals surface area contributed by atoms with Crippen molar-refractivity contribution in [1.29, 1.82) is 0 Å². The number of phosphoric acid groups is 2. The van der Waals surface area contributed by atoms with Crippen molar-refractivity contribution in [2.75, 3.05) is 39.6 Å². The summed E-state index contributed by atoms with van der Waals surface area (Å²) in [6.45, 7) is 2.52. The fraction of sp³-hybridized carbons (Fsp3) is 0.716. The molecule has 0 aromatic carbocycles. The van der Waals surface area contributed by atoms with Crippen molar-refractivity contribution in [2.24, 2.45) is 0 Å². The summed E-state index contributed by atoms with van der Waals surface area (Å²) in [5.74, 6) is -1.60. The van der Waals surface area contributed by atoms with Gasteiger partial charge in [0, 0.05) is 19.3 Å². The van der Waals surface area contributed by atoms with Crippen molar-refractivity contribution >= 4 is 33.6 Å². The van der Waals surface area contributed by atoms with Crippen LogP contribution in [0, 0.1) is 0 Å². The number of unbranched alkanes of at least 4 members (excludes halogenated alkanes) is 30. The average Bonchev–Trinajstić information content (AvgIpc) is 1.57. The second kappa shape index (κ2) is 73.7. The summed E-state index contributed by atoms with van der Waals surface area (Å²) >= 11 is 0. The molecule has 0 fully saturated rings. The largest absolute Gasteiger partial charge is 0.472 e. The molecule has 0 aliphatic heterocycles. The van der Waals surface area contributed by atoms with Crippen LogP contribution in [0.3, 0.4) is 0 Å². The monoisotopic (exact) mass is 1430 g/mol. The van der Waals surface area contributed by atoms with Gasteiger partial charge in [0.2, 0.25) is 0 Å². The van der Waals surface area contributed by atoms with Crippen LogP contribution < -0.4 is 0 Å². The molecule has 16 nitrogen and oxygen atoms in total. The molecule has 0 heterocycles. The topological polar surface area (TPSA) is 231 Å². The maximum atomic E-state index is 13.0. The highest BCUT2D eigenvalue weighted by molar-refractivity contribution is 7.47. The van der Waals surface area contributed by atoms with Gasteiger partial charge in [0.1, 0.15) is 25.4 Å². The molecule has 0 aromatic rings. The molecule has 5 atom stereocenters. The van der Waals surface area contributed by atoms with E-state index >= 15 is 0 Å². The molecule has 18 heteroatoms. The summed E-state index contributed by atoms with van der Waals surface area (Å²) in [6.07, 6.45) is 86.6. The number of esters is 3. The molecule has 5 unspecified atom stereocenters. The van der Waals surface area contributed by atoms with E-state index in [1.165, 1.54) is 89.9 Å². The van der Waals surface area contributed by atoms with Gasteiger partial charge in [-0.2, -0.15) is 0 Å². The molecule has 0 rings (SSSR count). The second-order valence-electron chi connectivity index (χ2n) is 25.8. The van der Waals surface area contributed by atoms with E-state index in [0.717, 1.165) is 167 Å². The van der Waals surface area contributed by atoms with E-state index in [9.17, 15) is 43.5 Å². The summed E-state index contributed by atoms with van der Waals surface area (Å²) in [4.78, 5) is 58.6. The van der Waals surface area contributed by atoms with Crippen LogP contribution in [0.2, 0.25) is 0 Å². The van der Waals surface area contributed by atoms with E-state index in [1.54, 1.807) is 0 Å². The number of rotatable bonds is 73. The Morgan fingerprint density at radius 3 is 0.879 bits per heavy atom. The number of allylic oxidation sites excluding steroid dienone is 20. The highest BCUT2D eigenvalue weighted by atomic mass is 31.2. The third-order valence-electron chi connectivity index (χ3n) is 16.1. The number of phosphoric ester groups is 2. The highest BCUT2D eigenvalue weighted by Gasteiger charge is 2.29. The molecule has 570 valence electrons. The standard InChI is InChI=1S/C81H140O16P2/c1-4-7-10-13-16-19-22-25-28-30-32-34-36-37-39-41-42-44-47-49-52-55-58-61-64-67-79(84)91-70-76(82)71-93-98(87,88)94-72-77(83)73-95-99(89,90)96-75-78(97-81(86)69-66-63-60-57-54-51-46-27-24-21-18-15-12-9-6-3)74-92-80(85)68-65-62-59-56-53-50-48-45-43-40-38-35-33-31-29-26-23-20-17-14-11-8-5-2/h7,10,16-17,19-20,25-29,32-35,37,39-40,43,46,76-78,82-83H,4-6,8-9,11-15,18,21-24,30-31,36,38,41-42,44-45,47-75H2,1-3H3,(H,87,88)(H,89,90)/b10-7-,19-16-,20-17-,28-25-,29-26-,34-32-,35-33-,39-37-,43-40-,46-27-. The zero-order valence-corrected chi connectivity index (χ0v) is 63.9. The molecule has 0 amide bonds. The lowest BCUT2D eigenvalue weighted by molar-refractivity contribution is -0.161. The number of hydrogen-bond acceptors (Lipinski definition) is 14. The SMILES string of the molecule is CC/C=C\C/C=C\C/C=C\C/C=C\C/C=C\CCCCCCCCCCCC(=O)OCC(O)COP(=O)(O)OCC(O)COP(=O)(O)OCC(COC(=O)CCCCCCCCC/C=C\C/C=C\C/C=C\C/C=C\CCCCC)OC(=O)CCCCCCC/C=C\CCCCCCCC. The Bertz CT molecular complexity index is 2290. The van der Waals surface area contributed by atoms with Gasteiger partial charge < -0.3 is 34.2 Å². The Labute approximate surface area is 602 Å². The van der Waals surface area contributed by atoms with Crippen molar-refractivity contribution < 1.29 is 75.8 Å². The van der Waals surface area contributed by atoms with Crippen LogP contribution in [0.25, 0.3) is 0 Å². The van der Waals surface area contributed by atoms with Crippen LogP contribution in [0.15, 0.2) is 122 Å². The fourth-order valence-corrected chi connectivity index (χ4v) is 11.8. The molecular formula is C81H140O16P2. The first-order valence-corrected chi connectivity index (χ1v) is 41.8. The highest BCUT2D eigenvalue weighted by Crippen LogP contribution is 2.45. The van der Waals surface area contributed by atoms with E-state index in [1.807, 2.05) is 0 Å². The Balaban J connectivity index is 4.62. The van der Waals surface area contributed by atoms with Gasteiger partial charge in [-0.15, -0.1) is 0 Å². The van der Waals surface area contributed by atoms with Crippen LogP contribution in [-0.2, 0) is 55.8 Å². The first-order chi connectivity index (χ1) is 48.2. The maximum absolute atomic E-state index is 13.0. The first-order valence-electron chi connectivity index (χ1n) is 38.8. The van der Waals surface area contributed by atoms with Crippen molar-refractivity contribution in [3.8, 4) is 0 Å². The van der Waals surface area contributed by atoms with E-state index in [-0.39, 0.29) is 19.3 Å². The van der Waals surface area contributed by atoms with Gasteiger partial charge >= 0.3 is 33.6 Å². The lowest BCUT2D eigenvalue weighted by Crippen LogP contribution is -2.30. The number of carbonyl (C=O) groups excluding carboxylic acids is 3. The molecule has 0 bridgehead atoms. The zero-order valence-electron chi connectivity index (χ0n) is 62.1. The second-order valence-corrected chi connectivity index (χ2v) is 28.7. The van der Waals surface area contributed by atoms with Crippen molar-refractivity contribution in [3.05, 3.63) is 122 Å². The minimum Gasteiger partial charge on any atom is -0.463 e. The number of carbonyl (C=O) groups is 3. The lowest BCUT2D eigenvalue weighted by Gasteiger charge is -2.21. The molecule has 0 saturated heterocycles. The van der Waals surface area contributed by atoms with Crippen LogP contribution >= 0.6 is 15.6 Å². The lowest BCUT2D eigenvalue weighted by atomic mass is 10.1. The van der Waals surface area contributed by atoms with Crippen LogP contribution in [-0.4, -0.2) is 95.9 Å². The van der Waals surface area contributed by atoms with Crippen molar-refractivity contribution in [3.63, 3.8) is 0 Å². The summed E-state index contributed by atoms with van der Waals surface area (Å²) in [6, 6.07) is 0. The van der Waals surface area contributed by atoms with Gasteiger partial charge in [0.25, 0.3) is 0 Å². The van der Waals surface area contributed by atoms with Gasteiger partial charge in [-0.3, -0.25) is 32.5 Å². The van der Waals surface area contributed by atoms with Gasteiger partial charge in [-0.1, -0.05) is 284 Å². The van der Waals surface area contributed by atoms with Crippen LogP contribution in [0.4, 0.5) is 0 Å². The molecule has 99 heavy (non-hydrogen) atoms. The van der Waals surface area contributed by atoms with Gasteiger partial charge in [0.05, 0.1) is 26.4 Å². The maximum Gasteiger partial charge on any atom is 0.472 e. The number of aliphatic hydroxyl groups is 2. The number of ether oxygens (including phenoxy) is 3. The van der Waals surface area contributed by atoms with E-state index in [0.29, 0.717) is 19.3 Å². The zero-order chi connectivity index (χ0) is 72.3. The Kier molecular flexibility index (Phi) is 70.7. The first kappa shape index (κ1) is 94.9. The minimum atomic E-state index is -4.94. The third-order valence-corrected chi connectivity index (χ3v) is 18.0. The smallest absolute Gasteiger partial charge is 0.463 e. The van der Waals surface area contributed by atoms with Crippen molar-refractivity contribution in [2.45, 2.75) is 334 Å². The summed E-state index contributed by atoms with van der Waals surface area (Å²) in [5.41, 5.74) is 0. The molecule has 0 spiro atoms. The van der Waals surface area contributed by atoms with Gasteiger partial charge in [-0.05, 0) is 135 Å². The predicted molar refractivity (Wildman–Crippen MR) is 408 cm³/mol. The number of hydrogen-bond donors (Lipinski definition) is 4. The van der Waals surface area contributed by atoms with Gasteiger partial charge in [-0.25, -0.2) is 9.13 Å². The molecule has 0 saturated carbocycles. The molecule has 4 N–H and O–H groups in total. The Morgan fingerprint density at radius 1 is 0.293 bits per heavy atom. The van der Waals surface area contributed by atoms with Crippen LogP contribution in [0.1, 0.15) is 316 Å². The van der Waals surface area contributed by atoms with E-state index < -0.39 is 91.5 Å². The quantitative estimate of drug-likeness (QED) is 0.0146. The van der Waals surface area contributed by atoms with E-state index in [4.69, 9.17) is 32.3 Å². The van der Waals surface area contributed by atoms with Gasteiger partial charge in [0.15, 0.2) is 6.10 Å². The minimum absolute atomic E-state index is 0.0908. The predicted octanol–water partition coefficient (Wildman–Crippen LogP) is 22.5. The number of aliphatic hydroxyl groups excluding tert-OH is 2. The summed E-state index contributed by atoms with van der Waals surface area (Å²) in [5, 5.41) is 20.6.